The van der Waals surface area contributed by atoms with E-state index in [1.807, 2.05) is 48.5 Å². The molecule has 2 aromatic carbocycles. The van der Waals surface area contributed by atoms with Gasteiger partial charge in [-0.3, -0.25) is 4.98 Å². The Labute approximate surface area is 148 Å². The number of nitrogens with one attached hydrogen (secondary N) is 3. The first-order valence-electron chi connectivity index (χ1n) is 8.00. The number of hydrogen-bond donors (Lipinski definition) is 3. The zero-order chi connectivity index (χ0) is 17.8. The van der Waals surface area contributed by atoms with Gasteiger partial charge in [-0.15, -0.1) is 10.2 Å². The molecule has 0 radical (unpaired) electrons. The summed E-state index contributed by atoms with van der Waals surface area (Å²) >= 11 is 0. The summed E-state index contributed by atoms with van der Waals surface area (Å²) in [7, 11) is 0. The predicted octanol–water partition coefficient (Wildman–Crippen LogP) is 2.74. The Bertz CT molecular complexity index is 1020. The van der Waals surface area contributed by atoms with E-state index in [0.29, 0.717) is 12.4 Å². The number of carbonyl (C=O) groups excluding carboxylic acids is 1. The fourth-order valence-electron chi connectivity index (χ4n) is 2.64. The van der Waals surface area contributed by atoms with Crippen LogP contribution in [0.15, 0.2) is 60.9 Å². The third-order valence-corrected chi connectivity index (χ3v) is 3.94. The van der Waals surface area contributed by atoms with Gasteiger partial charge in [0, 0.05) is 35.3 Å². The van der Waals surface area contributed by atoms with Gasteiger partial charge in [0.2, 0.25) is 5.82 Å². The van der Waals surface area contributed by atoms with Gasteiger partial charge >= 0.3 is 6.03 Å². The molecule has 0 saturated heterocycles. The van der Waals surface area contributed by atoms with Gasteiger partial charge in [-0.05, 0) is 22.9 Å². The highest BCUT2D eigenvalue weighted by Gasteiger charge is 2.06. The van der Waals surface area contributed by atoms with E-state index >= 15 is 0 Å². The normalized spacial score (nSPS) is 10.6. The molecule has 2 heterocycles. The lowest BCUT2D eigenvalue weighted by molar-refractivity contribution is 0.252. The maximum Gasteiger partial charge on any atom is 0.319 e. The van der Waals surface area contributed by atoms with Gasteiger partial charge in [0.25, 0.3) is 0 Å². The molecule has 0 unspecified atom stereocenters. The van der Waals surface area contributed by atoms with Crippen LogP contribution in [0.3, 0.4) is 0 Å². The minimum atomic E-state index is -0.267. The summed E-state index contributed by atoms with van der Waals surface area (Å²) in [5, 5.41) is 21.5. The van der Waals surface area contributed by atoms with E-state index < -0.39 is 0 Å². The molecule has 4 aromatic rings. The van der Waals surface area contributed by atoms with Crippen LogP contribution in [-0.4, -0.2) is 31.6 Å². The molecular weight excluding hydrogens is 330 g/mol. The summed E-state index contributed by atoms with van der Waals surface area (Å²) in [5.74, 6) is 0.535. The van der Waals surface area contributed by atoms with Crippen LogP contribution < -0.4 is 10.6 Å². The molecule has 2 amide bonds. The molecule has 0 aliphatic rings. The number of nitrogens with zero attached hydrogens (tertiary/aromatic N) is 4. The van der Waals surface area contributed by atoms with E-state index in [1.165, 1.54) is 0 Å². The van der Waals surface area contributed by atoms with Gasteiger partial charge in [-0.25, -0.2) is 4.79 Å². The number of hydrogen-bond acceptors (Lipinski definition) is 5. The summed E-state index contributed by atoms with van der Waals surface area (Å²) in [6.07, 6.45) is 3.47. The SMILES string of the molecule is O=C(NCc1ccc(-c2nn[nH]n2)cc1)Nc1cccc2cnccc12. The lowest BCUT2D eigenvalue weighted by Gasteiger charge is -2.10. The number of anilines is 1. The Morgan fingerprint density at radius 1 is 1.08 bits per heavy atom. The number of rotatable bonds is 4. The monoisotopic (exact) mass is 345 g/mol. The van der Waals surface area contributed by atoms with Crippen LogP contribution >= 0.6 is 0 Å². The molecule has 128 valence electrons. The van der Waals surface area contributed by atoms with Crippen molar-refractivity contribution in [2.45, 2.75) is 6.54 Å². The number of pyridine rings is 1. The van der Waals surface area contributed by atoms with Gasteiger partial charge in [0.05, 0.1) is 5.69 Å². The molecule has 0 fully saturated rings. The Morgan fingerprint density at radius 2 is 1.96 bits per heavy atom. The van der Waals surface area contributed by atoms with Gasteiger partial charge < -0.3 is 10.6 Å². The molecule has 0 aliphatic carbocycles. The van der Waals surface area contributed by atoms with Crippen molar-refractivity contribution >= 4 is 22.5 Å². The minimum absolute atomic E-state index is 0.267. The van der Waals surface area contributed by atoms with Gasteiger partial charge in [-0.2, -0.15) is 5.21 Å². The van der Waals surface area contributed by atoms with E-state index in [4.69, 9.17) is 0 Å². The second kappa shape index (κ2) is 6.98. The molecule has 4 rings (SSSR count). The van der Waals surface area contributed by atoms with Crippen molar-refractivity contribution in [3.8, 4) is 11.4 Å². The summed E-state index contributed by atoms with van der Waals surface area (Å²) in [6, 6.07) is 14.9. The third kappa shape index (κ3) is 3.34. The second-order valence-corrected chi connectivity index (χ2v) is 5.64. The summed E-state index contributed by atoms with van der Waals surface area (Å²) in [5.41, 5.74) is 2.57. The number of aromatic amines is 1. The van der Waals surface area contributed by atoms with Crippen LogP contribution in [-0.2, 0) is 6.54 Å². The van der Waals surface area contributed by atoms with Crippen LogP contribution in [0.5, 0.6) is 0 Å². The van der Waals surface area contributed by atoms with Crippen molar-refractivity contribution in [3.63, 3.8) is 0 Å². The lowest BCUT2D eigenvalue weighted by atomic mass is 10.1. The van der Waals surface area contributed by atoms with E-state index in [0.717, 1.165) is 27.6 Å². The smallest absolute Gasteiger partial charge is 0.319 e. The highest BCUT2D eigenvalue weighted by atomic mass is 16.2. The van der Waals surface area contributed by atoms with Crippen LogP contribution in [0.25, 0.3) is 22.2 Å². The molecule has 0 atom stereocenters. The molecular formula is C18H15N7O. The van der Waals surface area contributed by atoms with E-state index in [9.17, 15) is 4.79 Å². The first-order valence-corrected chi connectivity index (χ1v) is 8.00. The quantitative estimate of drug-likeness (QED) is 0.527. The molecule has 26 heavy (non-hydrogen) atoms. The van der Waals surface area contributed by atoms with E-state index in [-0.39, 0.29) is 6.03 Å². The minimum Gasteiger partial charge on any atom is -0.334 e. The van der Waals surface area contributed by atoms with Gasteiger partial charge in [0.1, 0.15) is 0 Å². The second-order valence-electron chi connectivity index (χ2n) is 5.64. The molecule has 0 spiro atoms. The third-order valence-electron chi connectivity index (χ3n) is 3.94. The number of carbonyl (C=O) groups is 1. The van der Waals surface area contributed by atoms with Crippen molar-refractivity contribution in [1.82, 2.24) is 30.9 Å². The lowest BCUT2D eigenvalue weighted by Crippen LogP contribution is -2.28. The van der Waals surface area contributed by atoms with Crippen LogP contribution in [0.4, 0.5) is 10.5 Å². The Balaban J connectivity index is 1.39. The van der Waals surface area contributed by atoms with Crippen LogP contribution in [0, 0.1) is 0 Å². The van der Waals surface area contributed by atoms with Crippen molar-refractivity contribution in [2.24, 2.45) is 0 Å². The van der Waals surface area contributed by atoms with Crippen molar-refractivity contribution in [2.75, 3.05) is 5.32 Å². The average molecular weight is 345 g/mol. The highest BCUT2D eigenvalue weighted by molar-refractivity contribution is 6.01. The fraction of sp³-hybridized carbons (Fsp3) is 0.0556. The number of H-pyrrole nitrogens is 1. The van der Waals surface area contributed by atoms with E-state index in [2.05, 4.69) is 36.2 Å². The summed E-state index contributed by atoms with van der Waals surface area (Å²) in [6.45, 7) is 0.407. The Kier molecular flexibility index (Phi) is 4.21. The Morgan fingerprint density at radius 3 is 2.77 bits per heavy atom. The molecule has 0 bridgehead atoms. The summed E-state index contributed by atoms with van der Waals surface area (Å²) in [4.78, 5) is 16.3. The number of fused-ring (bicyclic) bond motifs is 1. The van der Waals surface area contributed by atoms with Crippen molar-refractivity contribution in [1.29, 1.82) is 0 Å². The standard InChI is InChI=1S/C18H15N7O/c26-18(21-16-3-1-2-14-11-19-9-8-15(14)16)20-10-12-4-6-13(7-5-12)17-22-24-25-23-17/h1-9,11H,10H2,(H2,20,21,26)(H,22,23,24,25). The molecule has 8 nitrogen and oxygen atoms in total. The first kappa shape index (κ1) is 15.7. The predicted molar refractivity (Wildman–Crippen MR) is 97.2 cm³/mol. The molecule has 0 saturated carbocycles. The number of urea groups is 1. The van der Waals surface area contributed by atoms with Crippen molar-refractivity contribution < 1.29 is 4.79 Å². The van der Waals surface area contributed by atoms with Crippen LogP contribution in [0.1, 0.15) is 5.56 Å². The average Bonchev–Trinajstić information content (AvgIpc) is 3.22. The fourth-order valence-corrected chi connectivity index (χ4v) is 2.64. The molecule has 0 aliphatic heterocycles. The zero-order valence-corrected chi connectivity index (χ0v) is 13.7. The highest BCUT2D eigenvalue weighted by Crippen LogP contribution is 2.22. The maximum absolute atomic E-state index is 12.2. The Hall–Kier alpha value is -3.81. The van der Waals surface area contributed by atoms with Crippen LogP contribution in [0.2, 0.25) is 0 Å². The van der Waals surface area contributed by atoms with E-state index in [1.54, 1.807) is 12.4 Å². The van der Waals surface area contributed by atoms with Gasteiger partial charge in [-0.1, -0.05) is 36.4 Å². The molecule has 3 N–H and O–H groups in total. The molecule has 8 heteroatoms. The first-order chi connectivity index (χ1) is 12.8. The number of tetrazole rings is 1. The van der Waals surface area contributed by atoms with Crippen molar-refractivity contribution in [3.05, 3.63) is 66.5 Å². The number of aromatic nitrogens is 5. The summed E-state index contributed by atoms with van der Waals surface area (Å²) < 4.78 is 0. The molecule has 2 aromatic heterocycles. The zero-order valence-electron chi connectivity index (χ0n) is 13.7. The maximum atomic E-state index is 12.2. The van der Waals surface area contributed by atoms with Gasteiger partial charge in [0.15, 0.2) is 0 Å². The number of amides is 2. The number of benzene rings is 2. The topological polar surface area (TPSA) is 108 Å². The largest absolute Gasteiger partial charge is 0.334 e.